The zero-order valence-electron chi connectivity index (χ0n) is 13.4. The van der Waals surface area contributed by atoms with Crippen LogP contribution in [0.1, 0.15) is 0 Å². The number of ether oxygens (including phenoxy) is 2. The van der Waals surface area contributed by atoms with Gasteiger partial charge in [0, 0.05) is 16.5 Å². The van der Waals surface area contributed by atoms with Crippen LogP contribution >= 0.6 is 35.0 Å². The summed E-state index contributed by atoms with van der Waals surface area (Å²) in [6.45, 7) is 0.488. The van der Waals surface area contributed by atoms with E-state index in [1.807, 2.05) is 28.8 Å². The average molecular weight is 396 g/mol. The number of thioether (sulfide) groups is 1. The van der Waals surface area contributed by atoms with Crippen LogP contribution in [0.15, 0.2) is 53.9 Å². The van der Waals surface area contributed by atoms with Crippen molar-refractivity contribution in [1.82, 2.24) is 14.8 Å². The Morgan fingerprint density at radius 1 is 1.12 bits per heavy atom. The summed E-state index contributed by atoms with van der Waals surface area (Å²) in [6.07, 6.45) is 1.68. The summed E-state index contributed by atoms with van der Waals surface area (Å²) in [7, 11) is 1.64. The molecule has 0 aliphatic rings. The number of methoxy groups -OCH3 is 1. The lowest BCUT2D eigenvalue weighted by Gasteiger charge is -2.09. The molecule has 1 aromatic heterocycles. The summed E-state index contributed by atoms with van der Waals surface area (Å²) < 4.78 is 12.8. The highest BCUT2D eigenvalue weighted by Crippen LogP contribution is 2.28. The molecule has 0 bridgehead atoms. The first-order valence-corrected chi connectivity index (χ1v) is 9.16. The Balaban J connectivity index is 1.58. The number of halogens is 2. The van der Waals surface area contributed by atoms with Gasteiger partial charge in [0.05, 0.1) is 18.7 Å². The second-order valence-corrected chi connectivity index (χ2v) is 6.86. The molecule has 2 aromatic carbocycles. The maximum Gasteiger partial charge on any atom is 0.195 e. The molecule has 0 aliphatic carbocycles. The van der Waals surface area contributed by atoms with E-state index < -0.39 is 0 Å². The van der Waals surface area contributed by atoms with Crippen LogP contribution in [0.2, 0.25) is 10.0 Å². The van der Waals surface area contributed by atoms with Crippen molar-refractivity contribution in [3.8, 4) is 17.2 Å². The zero-order chi connectivity index (χ0) is 17.6. The van der Waals surface area contributed by atoms with Crippen LogP contribution < -0.4 is 9.47 Å². The zero-order valence-corrected chi connectivity index (χ0v) is 15.7. The standard InChI is InChI=1S/C17H15Cl2N3O2S/c1-23-14-5-3-13(4-6-14)22-11-20-21-17(22)25-9-8-24-16-7-2-12(18)10-15(16)19/h2-7,10-11H,8-9H2,1H3. The van der Waals surface area contributed by atoms with Crippen LogP contribution in [0, 0.1) is 0 Å². The maximum atomic E-state index is 6.09. The van der Waals surface area contributed by atoms with Crippen LogP contribution in [0.5, 0.6) is 11.5 Å². The number of nitrogens with zero attached hydrogens (tertiary/aromatic N) is 3. The molecule has 0 atom stereocenters. The Bertz CT molecular complexity index is 840. The van der Waals surface area contributed by atoms with Gasteiger partial charge in [-0.15, -0.1) is 10.2 Å². The number of aromatic nitrogens is 3. The number of hydrogen-bond donors (Lipinski definition) is 0. The molecule has 0 saturated carbocycles. The van der Waals surface area contributed by atoms with E-state index in [2.05, 4.69) is 10.2 Å². The summed E-state index contributed by atoms with van der Waals surface area (Å²) in [5, 5.41) is 10.0. The van der Waals surface area contributed by atoms with Crippen molar-refractivity contribution >= 4 is 35.0 Å². The molecule has 3 aromatic rings. The lowest BCUT2D eigenvalue weighted by molar-refractivity contribution is 0.344. The first-order chi connectivity index (χ1) is 12.2. The lowest BCUT2D eigenvalue weighted by Crippen LogP contribution is -2.02. The fraction of sp³-hybridized carbons (Fsp3) is 0.176. The molecule has 1 heterocycles. The van der Waals surface area contributed by atoms with Crippen LogP contribution in [-0.2, 0) is 0 Å². The second kappa shape index (κ2) is 8.47. The summed E-state index contributed by atoms with van der Waals surface area (Å²) in [5.74, 6) is 2.12. The van der Waals surface area contributed by atoms with Gasteiger partial charge in [-0.25, -0.2) is 0 Å². The number of hydrogen-bond acceptors (Lipinski definition) is 5. The Morgan fingerprint density at radius 3 is 2.64 bits per heavy atom. The summed E-state index contributed by atoms with van der Waals surface area (Å²) in [4.78, 5) is 0. The van der Waals surface area contributed by atoms with E-state index in [1.165, 1.54) is 0 Å². The molecule has 3 rings (SSSR count). The fourth-order valence-electron chi connectivity index (χ4n) is 2.12. The Hall–Kier alpha value is -1.89. The average Bonchev–Trinajstić information content (AvgIpc) is 3.09. The Kier molecular flexibility index (Phi) is 6.07. The summed E-state index contributed by atoms with van der Waals surface area (Å²) in [5.41, 5.74) is 0.968. The van der Waals surface area contributed by atoms with Gasteiger partial charge in [0.15, 0.2) is 5.16 Å². The molecule has 130 valence electrons. The van der Waals surface area contributed by atoms with Crippen LogP contribution in [0.4, 0.5) is 0 Å². The first-order valence-electron chi connectivity index (χ1n) is 7.42. The smallest absolute Gasteiger partial charge is 0.195 e. The molecule has 0 saturated heterocycles. The predicted octanol–water partition coefficient (Wildman–Crippen LogP) is 4.75. The molecule has 0 aliphatic heterocycles. The minimum Gasteiger partial charge on any atom is -0.497 e. The fourth-order valence-corrected chi connectivity index (χ4v) is 3.33. The monoisotopic (exact) mass is 395 g/mol. The van der Waals surface area contributed by atoms with Crippen molar-refractivity contribution in [1.29, 1.82) is 0 Å². The third kappa shape index (κ3) is 4.60. The van der Waals surface area contributed by atoms with Gasteiger partial charge in [-0.2, -0.15) is 0 Å². The first kappa shape index (κ1) is 17.9. The van der Waals surface area contributed by atoms with Gasteiger partial charge in [-0.3, -0.25) is 4.57 Å². The van der Waals surface area contributed by atoms with E-state index in [9.17, 15) is 0 Å². The van der Waals surface area contributed by atoms with E-state index in [0.717, 1.165) is 16.6 Å². The highest BCUT2D eigenvalue weighted by molar-refractivity contribution is 7.99. The van der Waals surface area contributed by atoms with Crippen molar-refractivity contribution in [2.24, 2.45) is 0 Å². The van der Waals surface area contributed by atoms with Crippen molar-refractivity contribution < 1.29 is 9.47 Å². The largest absolute Gasteiger partial charge is 0.497 e. The van der Waals surface area contributed by atoms with Crippen molar-refractivity contribution in [3.05, 3.63) is 58.8 Å². The van der Waals surface area contributed by atoms with Gasteiger partial charge in [-0.1, -0.05) is 35.0 Å². The van der Waals surface area contributed by atoms with Gasteiger partial charge < -0.3 is 9.47 Å². The van der Waals surface area contributed by atoms with E-state index in [0.29, 0.717) is 28.2 Å². The van der Waals surface area contributed by atoms with Crippen molar-refractivity contribution in [2.45, 2.75) is 5.16 Å². The maximum absolute atomic E-state index is 6.09. The summed E-state index contributed by atoms with van der Waals surface area (Å²) in [6, 6.07) is 12.9. The molecule has 0 amide bonds. The van der Waals surface area contributed by atoms with Gasteiger partial charge >= 0.3 is 0 Å². The number of rotatable bonds is 7. The molecule has 0 fully saturated rings. The number of benzene rings is 2. The third-order valence-corrected chi connectivity index (χ3v) is 4.77. The van der Waals surface area contributed by atoms with Gasteiger partial charge in [0.25, 0.3) is 0 Å². The van der Waals surface area contributed by atoms with E-state index in [1.54, 1.807) is 43.4 Å². The Labute approximate surface area is 159 Å². The molecular formula is C17H15Cl2N3O2S. The highest BCUT2D eigenvalue weighted by atomic mass is 35.5. The topological polar surface area (TPSA) is 49.2 Å². The molecule has 5 nitrogen and oxygen atoms in total. The second-order valence-electron chi connectivity index (χ2n) is 4.95. The molecule has 8 heteroatoms. The molecular weight excluding hydrogens is 381 g/mol. The van der Waals surface area contributed by atoms with Crippen LogP contribution in [0.25, 0.3) is 5.69 Å². The van der Waals surface area contributed by atoms with Crippen LogP contribution in [0.3, 0.4) is 0 Å². The predicted molar refractivity (Wildman–Crippen MR) is 101 cm³/mol. The van der Waals surface area contributed by atoms with E-state index in [4.69, 9.17) is 32.7 Å². The molecule has 25 heavy (non-hydrogen) atoms. The molecule has 0 N–H and O–H groups in total. The minimum atomic E-state index is 0.488. The summed E-state index contributed by atoms with van der Waals surface area (Å²) >= 11 is 13.5. The van der Waals surface area contributed by atoms with Gasteiger partial charge in [0.1, 0.15) is 17.8 Å². The normalized spacial score (nSPS) is 10.7. The third-order valence-electron chi connectivity index (χ3n) is 3.33. The van der Waals surface area contributed by atoms with E-state index >= 15 is 0 Å². The van der Waals surface area contributed by atoms with E-state index in [-0.39, 0.29) is 0 Å². The van der Waals surface area contributed by atoms with Gasteiger partial charge in [-0.05, 0) is 42.5 Å². The SMILES string of the molecule is COc1ccc(-n2cnnc2SCCOc2ccc(Cl)cc2Cl)cc1. The molecule has 0 radical (unpaired) electrons. The molecule has 0 spiro atoms. The lowest BCUT2D eigenvalue weighted by atomic mass is 10.3. The van der Waals surface area contributed by atoms with Crippen molar-refractivity contribution in [2.75, 3.05) is 19.5 Å². The minimum absolute atomic E-state index is 0.488. The highest BCUT2D eigenvalue weighted by Gasteiger charge is 2.08. The van der Waals surface area contributed by atoms with Gasteiger partial charge in [0.2, 0.25) is 0 Å². The van der Waals surface area contributed by atoms with Crippen molar-refractivity contribution in [3.63, 3.8) is 0 Å². The quantitative estimate of drug-likeness (QED) is 0.426. The molecule has 0 unspecified atom stereocenters. The Morgan fingerprint density at radius 2 is 1.92 bits per heavy atom. The van der Waals surface area contributed by atoms with Crippen LogP contribution in [-0.4, -0.2) is 34.2 Å².